The Labute approximate surface area is 135 Å². The van der Waals surface area contributed by atoms with Gasteiger partial charge in [0.05, 0.1) is 25.9 Å². The zero-order valence-electron chi connectivity index (χ0n) is 13.2. The second-order valence-electron chi connectivity index (χ2n) is 4.37. The predicted molar refractivity (Wildman–Crippen MR) is 74.0 cm³/mol. The lowest BCUT2D eigenvalue weighted by Gasteiger charge is -2.15. The van der Waals surface area contributed by atoms with Gasteiger partial charge in [0.15, 0.2) is 23.2 Å². The molecule has 132 valence electrons. The molecule has 0 radical (unpaired) electrons. The molecule has 0 unspecified atom stereocenters. The summed E-state index contributed by atoms with van der Waals surface area (Å²) >= 11 is 0. The Bertz CT molecular complexity index is 641. The zero-order chi connectivity index (χ0) is 18.4. The van der Waals surface area contributed by atoms with Crippen LogP contribution >= 0.6 is 0 Å². The molecule has 0 aliphatic carbocycles. The number of hydrogen-bond donors (Lipinski definition) is 0. The Hall–Kier alpha value is -2.58. The van der Waals surface area contributed by atoms with Crippen LogP contribution in [0, 0.1) is 23.4 Å². The van der Waals surface area contributed by atoms with Gasteiger partial charge in [-0.25, -0.2) is 8.78 Å². The van der Waals surface area contributed by atoms with Gasteiger partial charge in [-0.3, -0.25) is 14.4 Å². The molecule has 0 fully saturated rings. The van der Waals surface area contributed by atoms with E-state index in [1.807, 2.05) is 0 Å². The lowest BCUT2D eigenvalue weighted by molar-refractivity contribution is -0.158. The van der Waals surface area contributed by atoms with Crippen LogP contribution in [0.3, 0.4) is 0 Å². The molecule has 0 N–H and O–H groups in total. The highest BCUT2D eigenvalue weighted by atomic mass is 19.2. The number of carbonyl (C=O) groups excluding carboxylic acids is 3. The molecule has 0 amide bonds. The Balaban J connectivity index is 3.41. The summed E-state index contributed by atoms with van der Waals surface area (Å²) in [5, 5.41) is 0. The summed E-state index contributed by atoms with van der Waals surface area (Å²) in [6.07, 6.45) is 0. The first-order valence-electron chi connectivity index (χ1n) is 6.88. The minimum atomic E-state index is -2.16. The van der Waals surface area contributed by atoms with Crippen molar-refractivity contribution < 1.29 is 41.8 Å². The van der Waals surface area contributed by atoms with E-state index in [1.54, 1.807) is 0 Å². The molecule has 0 saturated carbocycles. The van der Waals surface area contributed by atoms with E-state index >= 15 is 0 Å². The molecule has 1 rings (SSSR count). The third kappa shape index (κ3) is 3.84. The van der Waals surface area contributed by atoms with Crippen molar-refractivity contribution in [3.05, 3.63) is 29.1 Å². The van der Waals surface area contributed by atoms with Crippen LogP contribution in [0.2, 0.25) is 0 Å². The average Bonchev–Trinajstić information content (AvgIpc) is 2.52. The molecule has 1 aromatic carbocycles. The fourth-order valence-corrected chi connectivity index (χ4v) is 1.86. The molecule has 0 saturated heterocycles. The van der Waals surface area contributed by atoms with Crippen molar-refractivity contribution in [3.8, 4) is 5.75 Å². The molecule has 1 aromatic rings. The van der Waals surface area contributed by atoms with Gasteiger partial charge in [0, 0.05) is 0 Å². The van der Waals surface area contributed by atoms with Gasteiger partial charge in [0.1, 0.15) is 0 Å². The number of ketones is 1. The van der Waals surface area contributed by atoms with E-state index in [-0.39, 0.29) is 19.3 Å². The van der Waals surface area contributed by atoms with Gasteiger partial charge < -0.3 is 14.2 Å². The molecule has 0 atom stereocenters. The van der Waals surface area contributed by atoms with Gasteiger partial charge in [-0.1, -0.05) is 0 Å². The Morgan fingerprint density at radius 1 is 1.00 bits per heavy atom. The number of hydrogen-bond acceptors (Lipinski definition) is 6. The quantitative estimate of drug-likeness (QED) is 0.324. The van der Waals surface area contributed by atoms with Crippen molar-refractivity contribution in [2.75, 3.05) is 20.3 Å². The van der Waals surface area contributed by atoms with E-state index in [2.05, 4.69) is 14.2 Å². The first-order chi connectivity index (χ1) is 11.3. The summed E-state index contributed by atoms with van der Waals surface area (Å²) in [6.45, 7) is 2.52. The predicted octanol–water partition coefficient (Wildman–Crippen LogP) is 2.04. The molecule has 0 aliphatic heterocycles. The molecule has 0 spiro atoms. The molecule has 6 nitrogen and oxygen atoms in total. The lowest BCUT2D eigenvalue weighted by atomic mass is 10.1. The van der Waals surface area contributed by atoms with Gasteiger partial charge in [-0.2, -0.15) is 4.39 Å². The highest BCUT2D eigenvalue weighted by Gasteiger charge is 2.40. The van der Waals surface area contributed by atoms with Crippen molar-refractivity contribution in [3.63, 3.8) is 0 Å². The SMILES string of the molecule is CCOC(=O)[14CH](C(=O)OCC)C(=O)c1cc(F)c(F)c(OC)c1F. The summed E-state index contributed by atoms with van der Waals surface area (Å²) in [6, 6.07) is 0.237. The number of Topliss-reactive ketones (excluding diaryl/α,β-unsaturated/α-hetero) is 1. The van der Waals surface area contributed by atoms with Gasteiger partial charge in [-0.05, 0) is 19.9 Å². The van der Waals surface area contributed by atoms with Gasteiger partial charge in [0.25, 0.3) is 0 Å². The molecule has 0 bridgehead atoms. The molecular formula is C15H15F3O6. The van der Waals surface area contributed by atoms with Crippen LogP contribution < -0.4 is 4.74 Å². The van der Waals surface area contributed by atoms with Crippen LogP contribution in [-0.2, 0) is 19.1 Å². The fraction of sp³-hybridized carbons (Fsp3) is 0.400. The van der Waals surface area contributed by atoms with E-state index in [0.29, 0.717) is 0 Å². The third-order valence-corrected chi connectivity index (χ3v) is 2.89. The number of halogens is 3. The Morgan fingerprint density at radius 3 is 1.92 bits per heavy atom. The van der Waals surface area contributed by atoms with E-state index < -0.39 is 52.4 Å². The van der Waals surface area contributed by atoms with Crippen molar-refractivity contribution >= 4 is 17.7 Å². The standard InChI is InChI=1S/C15H15F3O6/c1-4-23-14(20)9(15(21)24-5-2)12(19)7-6-8(16)11(18)13(22-3)10(7)17/h6,9H,4-5H2,1-3H3/i9+2. The first kappa shape index (κ1) is 19.5. The first-order valence-corrected chi connectivity index (χ1v) is 6.88. The maximum Gasteiger partial charge on any atom is 0.328 e. The Morgan fingerprint density at radius 2 is 1.50 bits per heavy atom. The third-order valence-electron chi connectivity index (χ3n) is 2.89. The number of benzene rings is 1. The molecule has 9 heteroatoms. The molecule has 0 aliphatic rings. The van der Waals surface area contributed by atoms with E-state index in [4.69, 9.17) is 0 Å². The minimum Gasteiger partial charge on any atom is -0.491 e. The summed E-state index contributed by atoms with van der Waals surface area (Å²) in [7, 11) is 0.864. The second kappa shape index (κ2) is 8.32. The van der Waals surface area contributed by atoms with Crippen LogP contribution in [0.5, 0.6) is 5.75 Å². The molecule has 0 heterocycles. The number of carbonyl (C=O) groups is 3. The van der Waals surface area contributed by atoms with E-state index in [1.165, 1.54) is 13.8 Å². The van der Waals surface area contributed by atoms with Gasteiger partial charge in [-0.15, -0.1) is 0 Å². The van der Waals surface area contributed by atoms with Crippen LogP contribution in [0.15, 0.2) is 6.07 Å². The van der Waals surface area contributed by atoms with Crippen molar-refractivity contribution in [1.82, 2.24) is 0 Å². The number of ether oxygens (including phenoxy) is 3. The number of esters is 2. The smallest absolute Gasteiger partial charge is 0.328 e. The summed E-state index contributed by atoms with van der Waals surface area (Å²) in [4.78, 5) is 36.0. The van der Waals surface area contributed by atoms with E-state index in [0.717, 1.165) is 7.11 Å². The minimum absolute atomic E-state index is 0.161. The van der Waals surface area contributed by atoms with Crippen LogP contribution in [-0.4, -0.2) is 38.0 Å². The Kier molecular flexibility index (Phi) is 6.75. The van der Waals surface area contributed by atoms with Crippen molar-refractivity contribution in [1.29, 1.82) is 0 Å². The lowest BCUT2D eigenvalue weighted by Crippen LogP contribution is -2.35. The normalized spacial score (nSPS) is 10.5. The number of rotatable bonds is 7. The van der Waals surface area contributed by atoms with Crippen molar-refractivity contribution in [2.45, 2.75) is 13.8 Å². The maximum absolute atomic E-state index is 14.2. The average molecular weight is 350 g/mol. The van der Waals surface area contributed by atoms with Crippen LogP contribution in [0.4, 0.5) is 13.2 Å². The molecular weight excluding hydrogens is 335 g/mol. The monoisotopic (exact) mass is 350 g/mol. The topological polar surface area (TPSA) is 78.9 Å². The maximum atomic E-state index is 14.2. The van der Waals surface area contributed by atoms with Gasteiger partial charge in [0.2, 0.25) is 11.7 Å². The van der Waals surface area contributed by atoms with E-state index in [9.17, 15) is 27.6 Å². The summed E-state index contributed by atoms with van der Waals surface area (Å²) in [5.41, 5.74) is -1.03. The fourth-order valence-electron chi connectivity index (χ4n) is 1.86. The molecule has 0 aromatic heterocycles. The molecule has 24 heavy (non-hydrogen) atoms. The highest BCUT2D eigenvalue weighted by molar-refractivity contribution is 6.21. The summed E-state index contributed by atoms with van der Waals surface area (Å²) < 4.78 is 54.7. The number of methoxy groups -OCH3 is 1. The highest BCUT2D eigenvalue weighted by Crippen LogP contribution is 2.29. The van der Waals surface area contributed by atoms with Crippen LogP contribution in [0.25, 0.3) is 0 Å². The van der Waals surface area contributed by atoms with Crippen LogP contribution in [0.1, 0.15) is 24.2 Å². The summed E-state index contributed by atoms with van der Waals surface area (Å²) in [5.74, 6) is -12.1. The van der Waals surface area contributed by atoms with Crippen molar-refractivity contribution in [2.24, 2.45) is 5.92 Å². The second-order valence-corrected chi connectivity index (χ2v) is 4.37. The zero-order valence-corrected chi connectivity index (χ0v) is 13.2. The largest absolute Gasteiger partial charge is 0.491 e. The van der Waals surface area contributed by atoms with Gasteiger partial charge >= 0.3 is 11.9 Å².